The van der Waals surface area contributed by atoms with Crippen LogP contribution in [0.15, 0.2) is 109 Å². The van der Waals surface area contributed by atoms with E-state index in [4.69, 9.17) is 14.8 Å². The molecule has 0 N–H and O–H groups in total. The van der Waals surface area contributed by atoms with Crippen molar-refractivity contribution in [2.75, 3.05) is 0 Å². The highest BCUT2D eigenvalue weighted by molar-refractivity contribution is 6.09. The van der Waals surface area contributed by atoms with E-state index in [1.807, 2.05) is 29.1 Å². The van der Waals surface area contributed by atoms with Gasteiger partial charge in [0.05, 0.1) is 22.4 Å². The predicted octanol–water partition coefficient (Wildman–Crippen LogP) is 11.0. The van der Waals surface area contributed by atoms with Crippen LogP contribution >= 0.6 is 0 Å². The van der Waals surface area contributed by atoms with E-state index in [9.17, 15) is 0 Å². The van der Waals surface area contributed by atoms with Gasteiger partial charge in [-0.1, -0.05) is 70.2 Å². The summed E-state index contributed by atoms with van der Waals surface area (Å²) in [5, 5.41) is 7.33. The maximum absolute atomic E-state index is 6.57. The number of fused-ring (bicyclic) bond motifs is 3. The first kappa shape index (κ1) is 30.5. The molecule has 47 heavy (non-hydrogen) atoms. The van der Waals surface area contributed by atoms with Crippen LogP contribution in [0.4, 0.5) is 0 Å². The molecule has 7 aromatic rings. The number of hydrogen-bond donors (Lipinski definition) is 0. The van der Waals surface area contributed by atoms with Crippen molar-refractivity contribution >= 4 is 21.8 Å². The number of benzene rings is 4. The molecule has 0 spiro atoms. The highest BCUT2D eigenvalue weighted by atomic mass is 16.5. The number of aryl methyl sites for hydroxylation is 3. The number of rotatable bonds is 8. The lowest BCUT2D eigenvalue weighted by Gasteiger charge is -2.18. The Hall–Kier alpha value is -5.16. The molecule has 0 atom stereocenters. The lowest BCUT2D eigenvalue weighted by Crippen LogP contribution is -2.07. The average molecular weight is 619 g/mol. The van der Waals surface area contributed by atoms with Crippen molar-refractivity contribution < 1.29 is 4.74 Å². The minimum absolute atomic E-state index is 0.273. The fraction of sp³-hybridized carbons (Fsp3) is 0.238. The maximum atomic E-state index is 6.57. The van der Waals surface area contributed by atoms with Crippen molar-refractivity contribution in [3.63, 3.8) is 0 Å². The zero-order valence-electron chi connectivity index (χ0n) is 28.2. The molecule has 0 aliphatic carbocycles. The summed E-state index contributed by atoms with van der Waals surface area (Å²) in [5.74, 6) is 2.46. The highest BCUT2D eigenvalue weighted by Gasteiger charge is 2.18. The molecule has 5 nitrogen and oxygen atoms in total. The molecule has 5 heteroatoms. The zero-order chi connectivity index (χ0) is 32.7. The third-order valence-electron chi connectivity index (χ3n) is 9.06. The number of aromatic nitrogens is 4. The van der Waals surface area contributed by atoms with Crippen LogP contribution in [-0.2, 0) is 12.8 Å². The highest BCUT2D eigenvalue weighted by Crippen LogP contribution is 2.37. The Labute approximate surface area is 277 Å². The summed E-state index contributed by atoms with van der Waals surface area (Å²) in [4.78, 5) is 4.88. The first-order valence-corrected chi connectivity index (χ1v) is 16.6. The first-order valence-electron chi connectivity index (χ1n) is 16.6. The normalized spacial score (nSPS) is 11.9. The number of ether oxygens (including phenoxy) is 1. The summed E-state index contributed by atoms with van der Waals surface area (Å²) in [5.41, 5.74) is 10.5. The summed E-state index contributed by atoms with van der Waals surface area (Å²) < 4.78 is 10.9. The second-order valence-corrected chi connectivity index (χ2v) is 13.7. The van der Waals surface area contributed by atoms with Gasteiger partial charge < -0.3 is 4.74 Å². The fourth-order valence-corrected chi connectivity index (χ4v) is 6.57. The van der Waals surface area contributed by atoms with E-state index in [1.54, 1.807) is 0 Å². The van der Waals surface area contributed by atoms with Gasteiger partial charge in [0.2, 0.25) is 0 Å². The van der Waals surface area contributed by atoms with Crippen molar-refractivity contribution in [3.8, 4) is 34.1 Å². The summed E-state index contributed by atoms with van der Waals surface area (Å²) >= 11 is 0. The van der Waals surface area contributed by atoms with Crippen LogP contribution in [0, 0.1) is 19.3 Å². The second kappa shape index (κ2) is 12.2. The van der Waals surface area contributed by atoms with Crippen LogP contribution in [0.3, 0.4) is 0 Å². The predicted molar refractivity (Wildman–Crippen MR) is 194 cm³/mol. The van der Waals surface area contributed by atoms with Gasteiger partial charge in [-0.2, -0.15) is 5.10 Å². The molecule has 0 saturated carbocycles. The molecule has 0 fully saturated rings. The molecule has 7 rings (SSSR count). The minimum atomic E-state index is 0.273. The molecule has 0 amide bonds. The van der Waals surface area contributed by atoms with Crippen molar-refractivity contribution in [2.24, 2.45) is 5.41 Å². The van der Waals surface area contributed by atoms with Crippen LogP contribution in [0.1, 0.15) is 56.6 Å². The van der Waals surface area contributed by atoms with E-state index in [0.29, 0.717) is 0 Å². The van der Waals surface area contributed by atoms with Gasteiger partial charge in [0.1, 0.15) is 17.3 Å². The van der Waals surface area contributed by atoms with Crippen molar-refractivity contribution in [2.45, 2.75) is 60.8 Å². The van der Waals surface area contributed by atoms with Gasteiger partial charge in [-0.15, -0.1) is 0 Å². The maximum Gasteiger partial charge on any atom is 0.137 e. The Morgan fingerprint density at radius 1 is 0.723 bits per heavy atom. The van der Waals surface area contributed by atoms with Crippen molar-refractivity contribution in [1.82, 2.24) is 19.3 Å². The summed E-state index contributed by atoms with van der Waals surface area (Å²) in [6.45, 7) is 13.3. The Balaban J connectivity index is 1.28. The van der Waals surface area contributed by atoms with E-state index in [0.717, 1.165) is 70.3 Å². The standard InChI is InChI=1S/C42H42N4O/c1-7-30-16-19-38-37(24-30)36-18-17-35(27-39(36)45(38)40-25-31(21-23-43-40)20-22-42(4,5)6)47-34-15-11-14-33(26-34)46-29(3)41(28(2)44-46)32-12-9-8-10-13-32/h8-19,21,23-27H,7,20,22H2,1-6H3. The van der Waals surface area contributed by atoms with Crippen LogP contribution in [0.25, 0.3) is 44.4 Å². The number of hydrogen-bond acceptors (Lipinski definition) is 3. The van der Waals surface area contributed by atoms with Gasteiger partial charge in [0.15, 0.2) is 0 Å². The Morgan fingerprint density at radius 3 is 2.32 bits per heavy atom. The Bertz CT molecular complexity index is 2220. The molecule has 3 aromatic heterocycles. The quantitative estimate of drug-likeness (QED) is 0.170. The van der Waals surface area contributed by atoms with E-state index < -0.39 is 0 Å². The Morgan fingerprint density at radius 2 is 1.53 bits per heavy atom. The fourth-order valence-electron chi connectivity index (χ4n) is 6.57. The molecule has 0 saturated heterocycles. The monoisotopic (exact) mass is 618 g/mol. The molecule has 4 aromatic carbocycles. The molecule has 236 valence electrons. The van der Waals surface area contributed by atoms with E-state index >= 15 is 0 Å². The second-order valence-electron chi connectivity index (χ2n) is 13.7. The van der Waals surface area contributed by atoms with Crippen molar-refractivity contribution in [3.05, 3.63) is 132 Å². The van der Waals surface area contributed by atoms with Gasteiger partial charge in [-0.3, -0.25) is 4.57 Å². The van der Waals surface area contributed by atoms with Gasteiger partial charge in [-0.05, 0) is 104 Å². The first-order chi connectivity index (χ1) is 22.7. The smallest absolute Gasteiger partial charge is 0.137 e. The average Bonchev–Trinajstić information content (AvgIpc) is 3.56. The SMILES string of the molecule is CCc1ccc2c(c1)c1ccc(Oc3cccc(-n4nc(C)c(-c5ccccc5)c4C)c3)cc1n2-c1cc(CCC(C)(C)C)ccn1. The lowest BCUT2D eigenvalue weighted by molar-refractivity contribution is 0.378. The number of nitrogens with zero attached hydrogens (tertiary/aromatic N) is 4. The van der Waals surface area contributed by atoms with Crippen LogP contribution in [0.2, 0.25) is 0 Å². The van der Waals surface area contributed by atoms with Crippen LogP contribution < -0.4 is 4.74 Å². The molecule has 0 unspecified atom stereocenters. The molecule has 0 aliphatic heterocycles. The van der Waals surface area contributed by atoms with Crippen molar-refractivity contribution in [1.29, 1.82) is 0 Å². The third-order valence-corrected chi connectivity index (χ3v) is 9.06. The van der Waals surface area contributed by atoms with Gasteiger partial charge in [0, 0.05) is 40.4 Å². The summed E-state index contributed by atoms with van der Waals surface area (Å²) in [7, 11) is 0. The lowest BCUT2D eigenvalue weighted by atomic mass is 9.89. The van der Waals surface area contributed by atoms with Crippen LogP contribution in [-0.4, -0.2) is 19.3 Å². The topological polar surface area (TPSA) is 44.9 Å². The summed E-state index contributed by atoms with van der Waals surface area (Å²) in [6, 6.07) is 36.2. The Kier molecular flexibility index (Phi) is 7.93. The number of pyridine rings is 1. The van der Waals surface area contributed by atoms with Gasteiger partial charge in [-0.25, -0.2) is 9.67 Å². The van der Waals surface area contributed by atoms with E-state index in [2.05, 4.69) is 131 Å². The van der Waals surface area contributed by atoms with Gasteiger partial charge in [0.25, 0.3) is 0 Å². The molecule has 0 aliphatic rings. The van der Waals surface area contributed by atoms with Crippen LogP contribution in [0.5, 0.6) is 11.5 Å². The van der Waals surface area contributed by atoms with Gasteiger partial charge >= 0.3 is 0 Å². The minimum Gasteiger partial charge on any atom is -0.457 e. The van der Waals surface area contributed by atoms with E-state index in [-0.39, 0.29) is 5.41 Å². The largest absolute Gasteiger partial charge is 0.457 e. The molecular formula is C42H42N4O. The third kappa shape index (κ3) is 6.06. The molecule has 3 heterocycles. The zero-order valence-corrected chi connectivity index (χ0v) is 28.2. The van der Waals surface area contributed by atoms with E-state index in [1.165, 1.54) is 27.5 Å². The molecular weight excluding hydrogens is 576 g/mol. The summed E-state index contributed by atoms with van der Waals surface area (Å²) in [6.07, 6.45) is 5.07. The molecule has 0 bridgehead atoms. The molecule has 0 radical (unpaired) electrons.